The summed E-state index contributed by atoms with van der Waals surface area (Å²) in [4.78, 5) is 0. The summed E-state index contributed by atoms with van der Waals surface area (Å²) in [6, 6.07) is 2.95. The fraction of sp³-hybridized carbons (Fsp3) is 0. The third-order valence-electron chi connectivity index (χ3n) is 0.923. The van der Waals surface area contributed by atoms with E-state index in [0.29, 0.717) is 0 Å². The van der Waals surface area contributed by atoms with Crippen LogP contribution in [-0.4, -0.2) is 24.0 Å². The number of aromatic nitrogens is 2. The quantitative estimate of drug-likeness (QED) is 0.553. The molecule has 0 fully saturated rings. The Hall–Kier alpha value is -1.43. The second-order valence-corrected chi connectivity index (χ2v) is 2.52. The Kier molecular flexibility index (Phi) is 2.17. The molecule has 0 aliphatic rings. The van der Waals surface area contributed by atoms with Crippen LogP contribution >= 0.6 is 0 Å². The van der Waals surface area contributed by atoms with E-state index in [1.165, 1.54) is 12.1 Å². The van der Waals surface area contributed by atoms with Crippen molar-refractivity contribution in [1.29, 1.82) is 0 Å². The normalized spacial score (nSPS) is 9.09. The molecule has 1 aromatic heterocycles. The summed E-state index contributed by atoms with van der Waals surface area (Å²) in [5, 5.41) is 7.90. The number of nitrogens with two attached hydrogens (primary N) is 1. The molecule has 0 saturated heterocycles. The van der Waals surface area contributed by atoms with E-state index in [9.17, 15) is 8.42 Å². The Morgan fingerprint density at radius 3 is 2.55 bits per heavy atom. The van der Waals surface area contributed by atoms with E-state index in [4.69, 9.17) is 5.73 Å². The molecule has 11 heavy (non-hydrogen) atoms. The largest absolute Gasteiger partial charge is 0.382 e. The molecule has 0 aliphatic carbocycles. The maximum atomic E-state index is 10.1. The van der Waals surface area contributed by atoms with Crippen molar-refractivity contribution in [1.82, 2.24) is 10.2 Å². The average molecular weight is 171 g/mol. The van der Waals surface area contributed by atoms with Gasteiger partial charge in [-0.15, -0.1) is 10.2 Å². The maximum Gasteiger partial charge on any atom is 0.216 e. The van der Waals surface area contributed by atoms with Crippen LogP contribution in [0.1, 0.15) is 5.69 Å². The maximum absolute atomic E-state index is 10.1. The van der Waals surface area contributed by atoms with Crippen LogP contribution in [0.25, 0.3) is 0 Å². The van der Waals surface area contributed by atoms with Gasteiger partial charge in [0.05, 0.1) is 5.37 Å². The van der Waals surface area contributed by atoms with Crippen LogP contribution in [0.5, 0.6) is 0 Å². The molecule has 5 nitrogen and oxygen atoms in total. The van der Waals surface area contributed by atoms with Gasteiger partial charge in [0.15, 0.2) is 0 Å². The predicted molar refractivity (Wildman–Crippen MR) is 40.5 cm³/mol. The number of hydrogen-bond acceptors (Lipinski definition) is 5. The third kappa shape index (κ3) is 2.34. The Bertz CT molecular complexity index is 359. The minimum absolute atomic E-state index is 0.263. The van der Waals surface area contributed by atoms with Crippen molar-refractivity contribution in [2.45, 2.75) is 0 Å². The Morgan fingerprint density at radius 1 is 1.36 bits per heavy atom. The van der Waals surface area contributed by atoms with Crippen molar-refractivity contribution >= 4 is 21.5 Å². The van der Waals surface area contributed by atoms with Gasteiger partial charge in [-0.25, -0.2) is 0 Å². The summed E-state index contributed by atoms with van der Waals surface area (Å²) in [6.45, 7) is 0. The first-order valence-corrected chi connectivity index (χ1v) is 3.84. The van der Waals surface area contributed by atoms with Crippen molar-refractivity contribution in [3.8, 4) is 0 Å². The summed E-state index contributed by atoms with van der Waals surface area (Å²) in [5.41, 5.74) is 5.49. The summed E-state index contributed by atoms with van der Waals surface area (Å²) in [5.74, 6) is 0.263. The first-order chi connectivity index (χ1) is 5.18. The van der Waals surface area contributed by atoms with Gasteiger partial charge in [0.2, 0.25) is 10.3 Å². The minimum atomic E-state index is -2.24. The fourth-order valence-corrected chi connectivity index (χ4v) is 0.837. The molecule has 2 N–H and O–H groups in total. The van der Waals surface area contributed by atoms with Gasteiger partial charge in [-0.05, 0) is 12.1 Å². The molecule has 0 bridgehead atoms. The topological polar surface area (TPSA) is 85.9 Å². The van der Waals surface area contributed by atoms with Crippen molar-refractivity contribution in [2.75, 3.05) is 5.73 Å². The van der Waals surface area contributed by atoms with Crippen LogP contribution in [0.15, 0.2) is 12.1 Å². The number of anilines is 1. The molecule has 0 atom stereocenters. The zero-order valence-electron chi connectivity index (χ0n) is 5.43. The molecule has 1 heterocycles. The average Bonchev–Trinajstić information content (AvgIpc) is 1.93. The smallest absolute Gasteiger partial charge is 0.216 e. The van der Waals surface area contributed by atoms with Gasteiger partial charge in [-0.2, -0.15) is 8.42 Å². The summed E-state index contributed by atoms with van der Waals surface area (Å²) in [6.07, 6.45) is 0. The standard InChI is InChI=1S/C5H5N3O2S/c6-5-2-1-4(7-8-5)3-11(9)10/h1-3H,(H2,6,8). The zero-order chi connectivity index (χ0) is 8.27. The molecule has 0 spiro atoms. The van der Waals surface area contributed by atoms with E-state index in [1.54, 1.807) is 0 Å². The number of hydrogen-bond donors (Lipinski definition) is 1. The highest BCUT2D eigenvalue weighted by Gasteiger charge is 1.89. The predicted octanol–water partition coefficient (Wildman–Crippen LogP) is -0.912. The van der Waals surface area contributed by atoms with E-state index in [1.807, 2.05) is 0 Å². The van der Waals surface area contributed by atoms with Gasteiger partial charge in [0, 0.05) is 0 Å². The van der Waals surface area contributed by atoms with Gasteiger partial charge in [-0.3, -0.25) is 0 Å². The highest BCUT2D eigenvalue weighted by Crippen LogP contribution is 1.92. The molecule has 0 unspecified atom stereocenters. The summed E-state index contributed by atoms with van der Waals surface area (Å²) >= 11 is 0. The molecule has 0 amide bonds. The molecular weight excluding hydrogens is 166 g/mol. The van der Waals surface area contributed by atoms with Crippen LogP contribution in [0.4, 0.5) is 5.82 Å². The molecule has 6 heteroatoms. The molecule has 1 aromatic rings. The lowest BCUT2D eigenvalue weighted by molar-refractivity contribution is 0.627. The molecular formula is C5H5N3O2S. The minimum Gasteiger partial charge on any atom is -0.382 e. The molecule has 58 valence electrons. The Balaban J connectivity index is 3.09. The van der Waals surface area contributed by atoms with Crippen LogP contribution in [-0.2, 0) is 10.3 Å². The number of nitrogens with zero attached hydrogens (tertiary/aromatic N) is 2. The first kappa shape index (κ1) is 7.67. The van der Waals surface area contributed by atoms with Crippen LogP contribution < -0.4 is 5.73 Å². The first-order valence-electron chi connectivity index (χ1n) is 2.70. The van der Waals surface area contributed by atoms with Crippen LogP contribution in [0.3, 0.4) is 0 Å². The molecule has 1 rings (SSSR count). The Morgan fingerprint density at radius 2 is 2.09 bits per heavy atom. The molecule has 0 aliphatic heterocycles. The van der Waals surface area contributed by atoms with E-state index >= 15 is 0 Å². The van der Waals surface area contributed by atoms with E-state index in [2.05, 4.69) is 10.2 Å². The van der Waals surface area contributed by atoms with E-state index in [0.717, 1.165) is 5.37 Å². The fourth-order valence-electron chi connectivity index (χ4n) is 0.514. The lowest BCUT2D eigenvalue weighted by Crippen LogP contribution is -1.95. The van der Waals surface area contributed by atoms with Crippen molar-refractivity contribution < 1.29 is 8.42 Å². The number of rotatable bonds is 1. The Labute approximate surface area is 64.4 Å². The van der Waals surface area contributed by atoms with E-state index in [-0.39, 0.29) is 11.5 Å². The molecule has 0 saturated carbocycles. The molecule has 0 radical (unpaired) electrons. The zero-order valence-corrected chi connectivity index (χ0v) is 6.25. The van der Waals surface area contributed by atoms with Gasteiger partial charge in [0.1, 0.15) is 11.5 Å². The highest BCUT2D eigenvalue weighted by atomic mass is 32.2. The van der Waals surface area contributed by atoms with Gasteiger partial charge < -0.3 is 5.73 Å². The lowest BCUT2D eigenvalue weighted by Gasteiger charge is -1.88. The monoisotopic (exact) mass is 171 g/mol. The van der Waals surface area contributed by atoms with E-state index < -0.39 is 10.3 Å². The van der Waals surface area contributed by atoms with Gasteiger partial charge in [-0.1, -0.05) is 0 Å². The third-order valence-corrected chi connectivity index (χ3v) is 1.36. The second-order valence-electron chi connectivity index (χ2n) is 1.76. The summed E-state index contributed by atoms with van der Waals surface area (Å²) in [7, 11) is -2.24. The summed E-state index contributed by atoms with van der Waals surface area (Å²) < 4.78 is 20.2. The van der Waals surface area contributed by atoms with Gasteiger partial charge >= 0.3 is 0 Å². The highest BCUT2D eigenvalue weighted by molar-refractivity contribution is 7.71. The number of nitrogen functional groups attached to an aromatic ring is 1. The van der Waals surface area contributed by atoms with Crippen molar-refractivity contribution in [2.24, 2.45) is 0 Å². The van der Waals surface area contributed by atoms with Crippen molar-refractivity contribution in [3.05, 3.63) is 17.8 Å². The second kappa shape index (κ2) is 3.11. The van der Waals surface area contributed by atoms with Crippen molar-refractivity contribution in [3.63, 3.8) is 0 Å². The SMILES string of the molecule is Nc1ccc(C=S(=O)=O)nn1. The molecule has 0 aromatic carbocycles. The van der Waals surface area contributed by atoms with Crippen LogP contribution in [0.2, 0.25) is 0 Å². The van der Waals surface area contributed by atoms with Crippen LogP contribution in [0, 0.1) is 0 Å². The lowest BCUT2D eigenvalue weighted by atomic mass is 10.4. The van der Waals surface area contributed by atoms with Gasteiger partial charge in [0.25, 0.3) is 0 Å².